The Morgan fingerprint density at radius 1 is 1.44 bits per heavy atom. The van der Waals surface area contributed by atoms with Crippen LogP contribution in [0.1, 0.15) is 30.1 Å². The lowest BCUT2D eigenvalue weighted by Crippen LogP contribution is -2.02. The molecule has 1 aromatic carbocycles. The second-order valence-electron chi connectivity index (χ2n) is 3.72. The quantitative estimate of drug-likeness (QED) is 0.575. The van der Waals surface area contributed by atoms with E-state index in [0.717, 1.165) is 5.57 Å². The summed E-state index contributed by atoms with van der Waals surface area (Å²) in [5.41, 5.74) is 1.53. The molecule has 16 heavy (non-hydrogen) atoms. The molecule has 0 aliphatic carbocycles. The first-order valence-corrected chi connectivity index (χ1v) is 5.43. The molecule has 0 spiro atoms. The molecule has 0 N–H and O–H groups in total. The highest BCUT2D eigenvalue weighted by Gasteiger charge is 2.12. The van der Waals surface area contributed by atoms with E-state index in [9.17, 15) is 4.79 Å². The molecule has 0 saturated carbocycles. The van der Waals surface area contributed by atoms with Gasteiger partial charge >= 0.3 is 0 Å². The van der Waals surface area contributed by atoms with Crippen molar-refractivity contribution in [3.05, 3.63) is 40.9 Å². The van der Waals surface area contributed by atoms with Crippen LogP contribution in [0.5, 0.6) is 5.75 Å². The number of hydrogen-bond acceptors (Lipinski definition) is 2. The van der Waals surface area contributed by atoms with Crippen molar-refractivity contribution in [1.29, 1.82) is 0 Å². The van der Waals surface area contributed by atoms with Gasteiger partial charge in [-0.15, -0.1) is 6.58 Å². The van der Waals surface area contributed by atoms with Crippen LogP contribution >= 0.6 is 11.6 Å². The van der Waals surface area contributed by atoms with Crippen LogP contribution in [0.4, 0.5) is 0 Å². The third kappa shape index (κ3) is 3.38. The summed E-state index contributed by atoms with van der Waals surface area (Å²) in [6.07, 6.45) is 1.13. The second-order valence-corrected chi connectivity index (χ2v) is 4.16. The molecule has 0 fully saturated rings. The SMILES string of the molecule is C=C(C)CCC(=O)c1cc(Cl)ccc1OC. The van der Waals surface area contributed by atoms with E-state index < -0.39 is 0 Å². The van der Waals surface area contributed by atoms with Gasteiger partial charge in [-0.1, -0.05) is 17.2 Å². The normalized spacial score (nSPS) is 9.94. The number of carbonyl (C=O) groups is 1. The van der Waals surface area contributed by atoms with Crippen molar-refractivity contribution in [2.45, 2.75) is 19.8 Å². The first-order chi connectivity index (χ1) is 7.54. The molecular formula is C13H15ClO2. The number of hydrogen-bond donors (Lipinski definition) is 0. The molecule has 0 aliphatic rings. The van der Waals surface area contributed by atoms with Gasteiger partial charge in [-0.05, 0) is 31.5 Å². The van der Waals surface area contributed by atoms with Crippen molar-refractivity contribution in [2.24, 2.45) is 0 Å². The maximum Gasteiger partial charge on any atom is 0.166 e. The van der Waals surface area contributed by atoms with Gasteiger partial charge in [0.1, 0.15) is 5.75 Å². The van der Waals surface area contributed by atoms with Crippen LogP contribution < -0.4 is 4.74 Å². The Hall–Kier alpha value is -1.28. The summed E-state index contributed by atoms with van der Waals surface area (Å²) in [5.74, 6) is 0.596. The first-order valence-electron chi connectivity index (χ1n) is 5.05. The van der Waals surface area contributed by atoms with E-state index in [4.69, 9.17) is 16.3 Å². The Morgan fingerprint density at radius 3 is 2.69 bits per heavy atom. The van der Waals surface area contributed by atoms with Crippen molar-refractivity contribution in [2.75, 3.05) is 7.11 Å². The topological polar surface area (TPSA) is 26.3 Å². The van der Waals surface area contributed by atoms with Gasteiger partial charge in [0.05, 0.1) is 12.7 Å². The summed E-state index contributed by atoms with van der Waals surface area (Å²) in [6.45, 7) is 5.68. The van der Waals surface area contributed by atoms with Crippen LogP contribution in [0.15, 0.2) is 30.4 Å². The molecule has 3 heteroatoms. The third-order valence-electron chi connectivity index (χ3n) is 2.24. The van der Waals surface area contributed by atoms with E-state index in [0.29, 0.717) is 29.2 Å². The standard InChI is InChI=1S/C13H15ClO2/c1-9(2)4-6-12(15)11-8-10(14)5-7-13(11)16-3/h5,7-8H,1,4,6H2,2-3H3. The molecule has 0 amide bonds. The van der Waals surface area contributed by atoms with E-state index in [1.54, 1.807) is 25.3 Å². The number of ether oxygens (including phenoxy) is 1. The predicted octanol–water partition coefficient (Wildman–Crippen LogP) is 3.89. The zero-order valence-electron chi connectivity index (χ0n) is 9.55. The molecule has 1 aromatic rings. The highest BCUT2D eigenvalue weighted by atomic mass is 35.5. The molecule has 0 saturated heterocycles. The maximum atomic E-state index is 11.9. The highest BCUT2D eigenvalue weighted by Crippen LogP contribution is 2.24. The molecule has 0 atom stereocenters. The van der Waals surface area contributed by atoms with Crippen molar-refractivity contribution in [3.8, 4) is 5.75 Å². The van der Waals surface area contributed by atoms with Gasteiger partial charge in [-0.2, -0.15) is 0 Å². The molecular weight excluding hydrogens is 224 g/mol. The zero-order chi connectivity index (χ0) is 12.1. The Kier molecular flexibility index (Phi) is 4.56. The Morgan fingerprint density at radius 2 is 2.12 bits per heavy atom. The Balaban J connectivity index is 2.88. The molecule has 0 radical (unpaired) electrons. The van der Waals surface area contributed by atoms with Gasteiger partial charge in [0.2, 0.25) is 0 Å². The molecule has 0 bridgehead atoms. The lowest BCUT2D eigenvalue weighted by atomic mass is 10.0. The van der Waals surface area contributed by atoms with Crippen molar-refractivity contribution >= 4 is 17.4 Å². The molecule has 0 aliphatic heterocycles. The molecule has 0 heterocycles. The van der Waals surface area contributed by atoms with E-state index >= 15 is 0 Å². The lowest BCUT2D eigenvalue weighted by Gasteiger charge is -2.07. The number of methoxy groups -OCH3 is 1. The molecule has 86 valence electrons. The van der Waals surface area contributed by atoms with Crippen LogP contribution in [-0.4, -0.2) is 12.9 Å². The number of rotatable bonds is 5. The van der Waals surface area contributed by atoms with Gasteiger partial charge in [0, 0.05) is 11.4 Å². The fraction of sp³-hybridized carbons (Fsp3) is 0.308. The van der Waals surface area contributed by atoms with Crippen LogP contribution in [0.25, 0.3) is 0 Å². The number of carbonyl (C=O) groups excluding carboxylic acids is 1. The summed E-state index contributed by atoms with van der Waals surface area (Å²) in [7, 11) is 1.54. The van der Waals surface area contributed by atoms with Crippen LogP contribution in [0.2, 0.25) is 5.02 Å². The molecule has 0 unspecified atom stereocenters. The molecule has 1 rings (SSSR count). The summed E-state index contributed by atoms with van der Waals surface area (Å²) in [5, 5.41) is 0.541. The van der Waals surface area contributed by atoms with Crippen LogP contribution in [0, 0.1) is 0 Å². The first kappa shape index (κ1) is 12.8. The highest BCUT2D eigenvalue weighted by molar-refractivity contribution is 6.31. The maximum absolute atomic E-state index is 11.9. The van der Waals surface area contributed by atoms with E-state index in [2.05, 4.69) is 6.58 Å². The molecule has 0 aromatic heterocycles. The number of Topliss-reactive ketones (excluding diaryl/α,β-unsaturated/α-hetero) is 1. The Bertz CT molecular complexity index is 410. The monoisotopic (exact) mass is 238 g/mol. The number of halogens is 1. The van der Waals surface area contributed by atoms with Gasteiger partial charge < -0.3 is 4.74 Å². The minimum atomic E-state index is 0.0300. The number of ketones is 1. The van der Waals surface area contributed by atoms with Gasteiger partial charge in [-0.25, -0.2) is 0 Å². The summed E-state index contributed by atoms with van der Waals surface area (Å²) >= 11 is 5.86. The van der Waals surface area contributed by atoms with Crippen LogP contribution in [0.3, 0.4) is 0 Å². The fourth-order valence-electron chi connectivity index (χ4n) is 1.36. The third-order valence-corrected chi connectivity index (χ3v) is 2.48. The fourth-order valence-corrected chi connectivity index (χ4v) is 1.53. The molecule has 2 nitrogen and oxygen atoms in total. The average Bonchev–Trinajstić information content (AvgIpc) is 2.25. The predicted molar refractivity (Wildman–Crippen MR) is 66.4 cm³/mol. The van der Waals surface area contributed by atoms with Crippen molar-refractivity contribution < 1.29 is 9.53 Å². The summed E-state index contributed by atoms with van der Waals surface area (Å²) < 4.78 is 5.13. The summed E-state index contributed by atoms with van der Waals surface area (Å²) in [4.78, 5) is 11.9. The Labute approximate surface area is 101 Å². The minimum absolute atomic E-state index is 0.0300. The van der Waals surface area contributed by atoms with Gasteiger partial charge in [0.15, 0.2) is 5.78 Å². The van der Waals surface area contributed by atoms with E-state index in [1.807, 2.05) is 6.92 Å². The smallest absolute Gasteiger partial charge is 0.166 e. The van der Waals surface area contributed by atoms with E-state index in [1.165, 1.54) is 0 Å². The largest absolute Gasteiger partial charge is 0.496 e. The average molecular weight is 239 g/mol. The second kappa shape index (κ2) is 5.71. The van der Waals surface area contributed by atoms with E-state index in [-0.39, 0.29) is 5.78 Å². The summed E-state index contributed by atoms with van der Waals surface area (Å²) in [6, 6.07) is 5.05. The van der Waals surface area contributed by atoms with Gasteiger partial charge in [0.25, 0.3) is 0 Å². The number of allylic oxidation sites excluding steroid dienone is 1. The minimum Gasteiger partial charge on any atom is -0.496 e. The van der Waals surface area contributed by atoms with Crippen molar-refractivity contribution in [3.63, 3.8) is 0 Å². The lowest BCUT2D eigenvalue weighted by molar-refractivity contribution is 0.0980. The number of benzene rings is 1. The van der Waals surface area contributed by atoms with Crippen molar-refractivity contribution in [1.82, 2.24) is 0 Å². The van der Waals surface area contributed by atoms with Crippen LogP contribution in [-0.2, 0) is 0 Å². The zero-order valence-corrected chi connectivity index (χ0v) is 10.3. The van der Waals surface area contributed by atoms with Gasteiger partial charge in [-0.3, -0.25) is 4.79 Å².